The number of carbonyl (C=O) groups excluding carboxylic acids is 3. The summed E-state index contributed by atoms with van der Waals surface area (Å²) in [7, 11) is 4.07. The molecule has 0 saturated carbocycles. The van der Waals surface area contributed by atoms with E-state index in [0.29, 0.717) is 0 Å². The fourth-order valence-corrected chi connectivity index (χ4v) is 2.21. The van der Waals surface area contributed by atoms with E-state index in [1.54, 1.807) is 0 Å². The zero-order valence-electron chi connectivity index (χ0n) is 10.6. The van der Waals surface area contributed by atoms with Gasteiger partial charge in [-0.05, 0) is 6.08 Å². The molecule has 0 aromatic rings. The van der Waals surface area contributed by atoms with Gasteiger partial charge in [-0.3, -0.25) is 9.59 Å². The molecular weight excluding hydrogens is 254 g/mol. The van der Waals surface area contributed by atoms with Crippen molar-refractivity contribution in [1.82, 2.24) is 9.80 Å². The van der Waals surface area contributed by atoms with Crippen molar-refractivity contribution in [3.8, 4) is 0 Å². The molecule has 100 valence electrons. The van der Waals surface area contributed by atoms with Gasteiger partial charge < -0.3 is 5.11 Å². The van der Waals surface area contributed by atoms with Crippen LogP contribution in [0.1, 0.15) is 0 Å². The molecule has 1 N–H and O–H groups in total. The normalized spacial score (nSPS) is 23.6. The van der Waals surface area contributed by atoms with Crippen molar-refractivity contribution in [2.75, 3.05) is 21.1 Å². The Morgan fingerprint density at radius 2 is 1.84 bits per heavy atom. The smallest absolute Gasteiger partial charge is 0.445 e. The third-order valence-corrected chi connectivity index (χ3v) is 3.23. The summed E-state index contributed by atoms with van der Waals surface area (Å²) in [6.07, 6.45) is 1.09. The van der Waals surface area contributed by atoms with Gasteiger partial charge in [0.1, 0.15) is 5.57 Å². The Bertz CT molecular complexity index is 589. The second kappa shape index (κ2) is 4.01. The number of fused-ring (bicyclic) bond motifs is 1. The molecule has 8 nitrogen and oxygen atoms in total. The van der Waals surface area contributed by atoms with Crippen LogP contribution in [0.4, 0.5) is 4.79 Å². The van der Waals surface area contributed by atoms with Gasteiger partial charge in [-0.1, -0.05) is 0 Å². The van der Waals surface area contributed by atoms with Crippen LogP contribution in [-0.4, -0.2) is 70.3 Å². The van der Waals surface area contributed by atoms with Crippen LogP contribution in [0.3, 0.4) is 0 Å². The Kier molecular flexibility index (Phi) is 2.73. The first-order valence-electron chi connectivity index (χ1n) is 5.42. The monoisotopic (exact) mass is 266 g/mol. The average molecular weight is 266 g/mol. The molecule has 1 unspecified atom stereocenters. The first kappa shape index (κ1) is 12.9. The molecular formula is C11H12N3O5+. The van der Waals surface area contributed by atoms with Gasteiger partial charge >= 0.3 is 23.8 Å². The molecule has 2 rings (SSSR count). The molecule has 2 heterocycles. The van der Waals surface area contributed by atoms with E-state index >= 15 is 0 Å². The number of urea groups is 1. The SMILES string of the molecule is CN1C(=O)C2C=C(C(=O)O)C(=O)N(C)C2=[N+](C)C1=O. The summed E-state index contributed by atoms with van der Waals surface area (Å²) in [5.41, 5.74) is -0.472. The van der Waals surface area contributed by atoms with Gasteiger partial charge in [0, 0.05) is 0 Å². The average Bonchev–Trinajstić information content (AvgIpc) is 2.36. The number of carbonyl (C=O) groups is 4. The fraction of sp³-hybridized carbons (Fsp3) is 0.364. The maximum Gasteiger partial charge on any atom is 0.445 e. The molecule has 0 aromatic carbocycles. The standard InChI is InChI=1S/C11H11N3O5/c1-12-7-5(4-6(9(12)16)10(17)18)8(15)14(3)11(19)13(7)2/h4-5H,1-3H3/p+1. The minimum atomic E-state index is -1.40. The third-order valence-electron chi connectivity index (χ3n) is 3.23. The maximum absolute atomic E-state index is 12.0. The van der Waals surface area contributed by atoms with Crippen molar-refractivity contribution in [1.29, 1.82) is 0 Å². The summed E-state index contributed by atoms with van der Waals surface area (Å²) in [4.78, 5) is 48.6. The molecule has 0 saturated heterocycles. The maximum atomic E-state index is 12.0. The predicted molar refractivity (Wildman–Crippen MR) is 61.3 cm³/mol. The van der Waals surface area contributed by atoms with E-state index in [-0.39, 0.29) is 5.84 Å². The van der Waals surface area contributed by atoms with Crippen LogP contribution < -0.4 is 0 Å². The van der Waals surface area contributed by atoms with E-state index in [0.717, 1.165) is 15.9 Å². The number of aliphatic carboxylic acids is 1. The van der Waals surface area contributed by atoms with Crippen LogP contribution in [0.2, 0.25) is 0 Å². The highest BCUT2D eigenvalue weighted by Gasteiger charge is 2.50. The minimum absolute atomic E-state index is 0.170. The van der Waals surface area contributed by atoms with Crippen molar-refractivity contribution in [3.63, 3.8) is 0 Å². The Balaban J connectivity index is 2.68. The number of carboxylic acid groups (broad SMARTS) is 1. The van der Waals surface area contributed by atoms with Gasteiger partial charge in [-0.15, -0.1) is 0 Å². The molecule has 8 heteroatoms. The van der Waals surface area contributed by atoms with Gasteiger partial charge in [-0.25, -0.2) is 19.1 Å². The molecule has 0 aromatic heterocycles. The topological polar surface area (TPSA) is 98.0 Å². The fourth-order valence-electron chi connectivity index (χ4n) is 2.21. The summed E-state index contributed by atoms with van der Waals surface area (Å²) in [6.45, 7) is 0. The number of likely N-dealkylation sites (N-methyl/N-ethyl adjacent to an activating group) is 1. The quantitative estimate of drug-likeness (QED) is 0.471. The zero-order chi connectivity index (χ0) is 14.5. The Morgan fingerprint density at radius 1 is 1.26 bits per heavy atom. The lowest BCUT2D eigenvalue weighted by molar-refractivity contribution is -0.412. The molecule has 4 amide bonds. The number of hydrogen-bond donors (Lipinski definition) is 1. The molecule has 2 aliphatic rings. The number of carboxylic acids is 1. The van der Waals surface area contributed by atoms with Crippen LogP contribution in [0.15, 0.2) is 11.6 Å². The summed E-state index contributed by atoms with van der Waals surface area (Å²) in [5.74, 6) is -3.48. The van der Waals surface area contributed by atoms with Crippen LogP contribution in [0.25, 0.3) is 0 Å². The lowest BCUT2D eigenvalue weighted by Gasteiger charge is -2.30. The van der Waals surface area contributed by atoms with E-state index in [9.17, 15) is 19.2 Å². The number of amides is 4. The molecule has 19 heavy (non-hydrogen) atoms. The molecule has 0 radical (unpaired) electrons. The molecule has 2 aliphatic heterocycles. The number of rotatable bonds is 1. The second-order valence-electron chi connectivity index (χ2n) is 4.32. The summed E-state index contributed by atoms with van der Waals surface area (Å²) in [5, 5.41) is 8.96. The van der Waals surface area contributed by atoms with E-state index in [2.05, 4.69) is 0 Å². The largest absolute Gasteiger partial charge is 0.477 e. The molecule has 0 spiro atoms. The van der Waals surface area contributed by atoms with Gasteiger partial charge in [0.15, 0.2) is 5.92 Å². The van der Waals surface area contributed by atoms with Crippen molar-refractivity contribution in [2.45, 2.75) is 0 Å². The number of amidine groups is 1. The second-order valence-corrected chi connectivity index (χ2v) is 4.32. The molecule has 0 fully saturated rings. The van der Waals surface area contributed by atoms with Crippen LogP contribution in [0.5, 0.6) is 0 Å². The first-order valence-corrected chi connectivity index (χ1v) is 5.42. The summed E-state index contributed by atoms with van der Waals surface area (Å²) >= 11 is 0. The molecule has 0 aliphatic carbocycles. The van der Waals surface area contributed by atoms with Crippen LogP contribution in [0, 0.1) is 5.92 Å². The summed E-state index contributed by atoms with van der Waals surface area (Å²) < 4.78 is 1.17. The Hall–Kier alpha value is -2.51. The van der Waals surface area contributed by atoms with E-state index < -0.39 is 35.3 Å². The van der Waals surface area contributed by atoms with Crippen molar-refractivity contribution in [3.05, 3.63) is 11.6 Å². The zero-order valence-corrected chi connectivity index (χ0v) is 10.6. The van der Waals surface area contributed by atoms with Gasteiger partial charge in [0.2, 0.25) is 5.84 Å². The molecule has 1 atom stereocenters. The van der Waals surface area contributed by atoms with Crippen LogP contribution in [-0.2, 0) is 14.4 Å². The van der Waals surface area contributed by atoms with Crippen molar-refractivity contribution < 1.29 is 28.9 Å². The highest BCUT2D eigenvalue weighted by atomic mass is 16.4. The van der Waals surface area contributed by atoms with Gasteiger partial charge in [0.25, 0.3) is 0 Å². The van der Waals surface area contributed by atoms with Gasteiger partial charge in [0.05, 0.1) is 21.1 Å². The summed E-state index contributed by atoms with van der Waals surface area (Å²) in [6, 6.07) is -0.567. The minimum Gasteiger partial charge on any atom is -0.477 e. The van der Waals surface area contributed by atoms with Crippen molar-refractivity contribution in [2.24, 2.45) is 5.92 Å². The van der Waals surface area contributed by atoms with E-state index in [1.807, 2.05) is 0 Å². The predicted octanol–water partition coefficient (Wildman–Crippen LogP) is -1.28. The van der Waals surface area contributed by atoms with E-state index in [1.165, 1.54) is 25.7 Å². The van der Waals surface area contributed by atoms with Crippen molar-refractivity contribution >= 4 is 29.7 Å². The lowest BCUT2D eigenvalue weighted by atomic mass is 9.95. The number of hydrogen-bond acceptors (Lipinski definition) is 4. The lowest BCUT2D eigenvalue weighted by Crippen LogP contribution is -2.59. The molecule has 0 bridgehead atoms. The van der Waals surface area contributed by atoms with Gasteiger partial charge in [-0.2, -0.15) is 4.90 Å². The highest BCUT2D eigenvalue weighted by molar-refractivity contribution is 6.26. The number of imide groups is 1. The Morgan fingerprint density at radius 3 is 2.37 bits per heavy atom. The first-order chi connectivity index (χ1) is 8.77. The van der Waals surface area contributed by atoms with E-state index in [4.69, 9.17) is 5.11 Å². The highest BCUT2D eigenvalue weighted by Crippen LogP contribution is 2.23. The van der Waals surface area contributed by atoms with Crippen LogP contribution >= 0.6 is 0 Å². The Labute approximate surface area is 108 Å². The third kappa shape index (κ3) is 1.64. The number of nitrogens with zero attached hydrogens (tertiary/aromatic N) is 3.